The summed E-state index contributed by atoms with van der Waals surface area (Å²) in [5, 5.41) is 11.8. The van der Waals surface area contributed by atoms with Gasteiger partial charge in [-0.25, -0.2) is 4.98 Å². The average molecular weight is 219 g/mol. The number of aromatic nitrogens is 1. The van der Waals surface area contributed by atoms with E-state index in [2.05, 4.69) is 16.4 Å². The van der Waals surface area contributed by atoms with Crippen LogP contribution in [-0.4, -0.2) is 17.6 Å². The van der Waals surface area contributed by atoms with Crippen LogP contribution >= 0.6 is 0 Å². The average Bonchev–Trinajstić information content (AvgIpc) is 2.26. The van der Waals surface area contributed by atoms with E-state index in [4.69, 9.17) is 10.00 Å². The maximum absolute atomic E-state index is 8.69. The van der Waals surface area contributed by atoms with Crippen LogP contribution in [0.2, 0.25) is 0 Å². The second kappa shape index (κ2) is 5.96. The second-order valence-corrected chi connectivity index (χ2v) is 3.93. The van der Waals surface area contributed by atoms with E-state index in [0.717, 1.165) is 5.69 Å². The van der Waals surface area contributed by atoms with Crippen molar-refractivity contribution >= 4 is 5.69 Å². The van der Waals surface area contributed by atoms with Gasteiger partial charge in [0.25, 0.3) is 0 Å². The van der Waals surface area contributed by atoms with Gasteiger partial charge in [0.1, 0.15) is 0 Å². The number of hydrogen-bond acceptors (Lipinski definition) is 4. The van der Waals surface area contributed by atoms with E-state index < -0.39 is 0 Å². The maximum Gasteiger partial charge on any atom is 0.237 e. The zero-order chi connectivity index (χ0) is 12.0. The van der Waals surface area contributed by atoms with Crippen LogP contribution in [0.15, 0.2) is 18.3 Å². The summed E-state index contributed by atoms with van der Waals surface area (Å²) in [7, 11) is 0. The Balaban J connectivity index is 2.68. The molecule has 1 unspecified atom stereocenters. The molecule has 0 saturated heterocycles. The number of nitrogens with zero attached hydrogens (tertiary/aromatic N) is 2. The summed E-state index contributed by atoms with van der Waals surface area (Å²) >= 11 is 0. The Hall–Kier alpha value is -1.76. The van der Waals surface area contributed by atoms with E-state index in [9.17, 15) is 0 Å². The Morgan fingerprint density at radius 1 is 1.50 bits per heavy atom. The lowest BCUT2D eigenvalue weighted by Gasteiger charge is -2.14. The van der Waals surface area contributed by atoms with Crippen LogP contribution in [-0.2, 0) is 0 Å². The molecule has 1 heterocycles. The number of hydrogen-bond donors (Lipinski definition) is 1. The molecule has 0 radical (unpaired) electrons. The quantitative estimate of drug-likeness (QED) is 0.826. The molecule has 0 aliphatic rings. The third-order valence-corrected chi connectivity index (χ3v) is 1.94. The Morgan fingerprint density at radius 2 is 2.25 bits per heavy atom. The Labute approximate surface area is 96.3 Å². The fraction of sp³-hybridized carbons (Fsp3) is 0.500. The van der Waals surface area contributed by atoms with E-state index in [-0.39, 0.29) is 12.0 Å². The van der Waals surface area contributed by atoms with Crippen LogP contribution < -0.4 is 10.1 Å². The van der Waals surface area contributed by atoms with Gasteiger partial charge in [-0.1, -0.05) is 0 Å². The topological polar surface area (TPSA) is 57.9 Å². The minimum absolute atomic E-state index is 0.0351. The molecule has 0 spiro atoms. The van der Waals surface area contributed by atoms with Gasteiger partial charge in [0, 0.05) is 12.7 Å². The van der Waals surface area contributed by atoms with Crippen molar-refractivity contribution in [1.82, 2.24) is 4.98 Å². The second-order valence-electron chi connectivity index (χ2n) is 3.93. The highest BCUT2D eigenvalue weighted by atomic mass is 16.5. The molecule has 0 aromatic carbocycles. The van der Waals surface area contributed by atoms with Crippen molar-refractivity contribution in [3.63, 3.8) is 0 Å². The minimum Gasteiger partial charge on any atom is -0.473 e. The summed E-state index contributed by atoms with van der Waals surface area (Å²) in [4.78, 5) is 4.15. The number of nitriles is 1. The van der Waals surface area contributed by atoms with Gasteiger partial charge >= 0.3 is 0 Å². The van der Waals surface area contributed by atoms with E-state index in [1.165, 1.54) is 0 Å². The molecule has 0 saturated carbocycles. The number of rotatable bonds is 5. The van der Waals surface area contributed by atoms with E-state index in [1.54, 1.807) is 6.20 Å². The van der Waals surface area contributed by atoms with E-state index >= 15 is 0 Å². The lowest BCUT2D eigenvalue weighted by Crippen LogP contribution is -2.13. The highest BCUT2D eigenvalue weighted by molar-refractivity contribution is 5.52. The van der Waals surface area contributed by atoms with Crippen molar-refractivity contribution in [2.24, 2.45) is 5.92 Å². The van der Waals surface area contributed by atoms with Crippen LogP contribution in [0, 0.1) is 17.2 Å². The molecule has 4 nitrogen and oxygen atoms in total. The number of ether oxygens (including phenoxy) is 1. The zero-order valence-corrected chi connectivity index (χ0v) is 9.90. The van der Waals surface area contributed by atoms with Crippen LogP contribution in [0.5, 0.6) is 5.88 Å². The lowest BCUT2D eigenvalue weighted by atomic mass is 10.2. The van der Waals surface area contributed by atoms with Crippen molar-refractivity contribution in [2.45, 2.75) is 26.9 Å². The number of anilines is 1. The molecule has 1 rings (SSSR count). The fourth-order valence-electron chi connectivity index (χ4n) is 1.15. The zero-order valence-electron chi connectivity index (χ0n) is 9.90. The highest BCUT2D eigenvalue weighted by Gasteiger charge is 2.07. The largest absolute Gasteiger partial charge is 0.473 e. The smallest absolute Gasteiger partial charge is 0.237 e. The maximum atomic E-state index is 8.69. The monoisotopic (exact) mass is 219 g/mol. The molecule has 1 aromatic rings. The molecule has 0 fully saturated rings. The third-order valence-electron chi connectivity index (χ3n) is 1.94. The molecule has 4 heteroatoms. The molecule has 1 N–H and O–H groups in total. The van der Waals surface area contributed by atoms with E-state index in [0.29, 0.717) is 12.4 Å². The first kappa shape index (κ1) is 12.3. The molecular weight excluding hydrogens is 202 g/mol. The summed E-state index contributed by atoms with van der Waals surface area (Å²) in [6.45, 7) is 6.37. The van der Waals surface area contributed by atoms with Gasteiger partial charge in [0.15, 0.2) is 0 Å². The van der Waals surface area contributed by atoms with Gasteiger partial charge in [0.2, 0.25) is 5.88 Å². The first-order valence-electron chi connectivity index (χ1n) is 5.38. The Kier molecular flexibility index (Phi) is 4.59. The van der Waals surface area contributed by atoms with Crippen molar-refractivity contribution in [2.75, 3.05) is 11.9 Å². The first-order chi connectivity index (χ1) is 7.63. The molecular formula is C12H17N3O. The van der Waals surface area contributed by atoms with Gasteiger partial charge in [0.05, 0.1) is 23.8 Å². The van der Waals surface area contributed by atoms with Gasteiger partial charge in [-0.2, -0.15) is 5.26 Å². The SMILES string of the molecule is CC(C#N)CNc1cccnc1OC(C)C. The molecule has 0 bridgehead atoms. The predicted octanol–water partition coefficient (Wildman–Crippen LogP) is 2.44. The fourth-order valence-corrected chi connectivity index (χ4v) is 1.15. The molecule has 0 aliphatic carbocycles. The minimum atomic E-state index is -0.0351. The van der Waals surface area contributed by atoms with Crippen LogP contribution in [0.25, 0.3) is 0 Å². The molecule has 16 heavy (non-hydrogen) atoms. The van der Waals surface area contributed by atoms with Gasteiger partial charge in [-0.05, 0) is 32.9 Å². The van der Waals surface area contributed by atoms with Gasteiger partial charge in [-0.15, -0.1) is 0 Å². The van der Waals surface area contributed by atoms with Gasteiger partial charge in [-0.3, -0.25) is 0 Å². The van der Waals surface area contributed by atoms with Crippen molar-refractivity contribution in [1.29, 1.82) is 5.26 Å². The molecule has 0 aliphatic heterocycles. The molecule has 86 valence electrons. The number of nitrogens with one attached hydrogen (secondary N) is 1. The van der Waals surface area contributed by atoms with Gasteiger partial charge < -0.3 is 10.1 Å². The first-order valence-corrected chi connectivity index (χ1v) is 5.38. The standard InChI is InChI=1S/C12H17N3O/c1-9(2)16-12-11(5-4-6-14-12)15-8-10(3)7-13/h4-6,9-10,15H,8H2,1-3H3. The summed E-state index contributed by atoms with van der Waals surface area (Å²) in [5.74, 6) is 0.551. The normalized spacial score (nSPS) is 11.9. The van der Waals surface area contributed by atoms with Crippen LogP contribution in [0.3, 0.4) is 0 Å². The summed E-state index contributed by atoms with van der Waals surface area (Å²) < 4.78 is 5.55. The summed E-state index contributed by atoms with van der Waals surface area (Å²) in [6, 6.07) is 5.91. The Morgan fingerprint density at radius 3 is 2.88 bits per heavy atom. The lowest BCUT2D eigenvalue weighted by molar-refractivity contribution is 0.234. The third kappa shape index (κ3) is 3.77. The molecule has 1 aromatic heterocycles. The predicted molar refractivity (Wildman–Crippen MR) is 63.3 cm³/mol. The van der Waals surface area contributed by atoms with Crippen molar-refractivity contribution in [3.8, 4) is 11.9 Å². The Bertz CT molecular complexity index is 371. The summed E-state index contributed by atoms with van der Waals surface area (Å²) in [6.07, 6.45) is 1.78. The highest BCUT2D eigenvalue weighted by Crippen LogP contribution is 2.21. The van der Waals surface area contributed by atoms with Crippen molar-refractivity contribution < 1.29 is 4.74 Å². The molecule has 1 atom stereocenters. The van der Waals surface area contributed by atoms with Crippen LogP contribution in [0.4, 0.5) is 5.69 Å². The summed E-state index contributed by atoms with van der Waals surface area (Å²) in [5.41, 5.74) is 0.832. The van der Waals surface area contributed by atoms with Crippen LogP contribution in [0.1, 0.15) is 20.8 Å². The van der Waals surface area contributed by atoms with E-state index in [1.807, 2.05) is 32.9 Å². The molecule has 0 amide bonds. The number of pyridine rings is 1. The van der Waals surface area contributed by atoms with Crippen molar-refractivity contribution in [3.05, 3.63) is 18.3 Å².